The summed E-state index contributed by atoms with van der Waals surface area (Å²) >= 11 is 1.31. The van der Waals surface area contributed by atoms with Crippen molar-refractivity contribution in [1.82, 2.24) is 5.32 Å². The number of thioether (sulfide) groups is 1. The Bertz CT molecular complexity index is 457. The van der Waals surface area contributed by atoms with Crippen molar-refractivity contribution in [3.8, 4) is 0 Å². The summed E-state index contributed by atoms with van der Waals surface area (Å²) in [5.74, 6) is -1.02. The minimum absolute atomic E-state index is 0.0681. The number of amides is 1. The van der Waals surface area contributed by atoms with Gasteiger partial charge >= 0.3 is 0 Å². The molecule has 3 nitrogen and oxygen atoms in total. The number of benzene rings is 1. The van der Waals surface area contributed by atoms with Gasteiger partial charge in [-0.1, -0.05) is 13.3 Å². The largest absolute Gasteiger partial charge is 0.396 e. The van der Waals surface area contributed by atoms with E-state index in [1.165, 1.54) is 17.8 Å². The number of aliphatic hydroxyl groups is 1. The monoisotopic (exact) mass is 317 g/mol. The quantitative estimate of drug-likeness (QED) is 0.689. The Morgan fingerprint density at radius 1 is 1.38 bits per heavy atom. The third-order valence-electron chi connectivity index (χ3n) is 3.19. The fourth-order valence-electron chi connectivity index (χ4n) is 1.81. The van der Waals surface area contributed by atoms with E-state index in [-0.39, 0.29) is 18.4 Å². The van der Waals surface area contributed by atoms with E-state index in [0.29, 0.717) is 30.0 Å². The predicted molar refractivity (Wildman–Crippen MR) is 80.2 cm³/mol. The van der Waals surface area contributed by atoms with Crippen molar-refractivity contribution in [3.63, 3.8) is 0 Å². The van der Waals surface area contributed by atoms with Gasteiger partial charge in [0.25, 0.3) is 0 Å². The maximum Gasteiger partial charge on any atom is 0.220 e. The van der Waals surface area contributed by atoms with Crippen LogP contribution in [0.3, 0.4) is 0 Å². The Morgan fingerprint density at radius 2 is 2.14 bits per heavy atom. The lowest BCUT2D eigenvalue weighted by molar-refractivity contribution is -0.120. The first kappa shape index (κ1) is 17.9. The highest BCUT2D eigenvalue weighted by molar-refractivity contribution is 7.99. The molecule has 2 N–H and O–H groups in total. The number of halogens is 2. The molecule has 0 spiro atoms. The van der Waals surface area contributed by atoms with Crippen LogP contribution in [0, 0.1) is 17.6 Å². The van der Waals surface area contributed by atoms with E-state index in [1.54, 1.807) is 0 Å². The Kier molecular flexibility index (Phi) is 8.30. The van der Waals surface area contributed by atoms with E-state index in [4.69, 9.17) is 5.11 Å². The molecule has 0 bridgehead atoms. The van der Waals surface area contributed by atoms with Crippen LogP contribution >= 0.6 is 11.8 Å². The van der Waals surface area contributed by atoms with Gasteiger partial charge in [0.05, 0.1) is 0 Å². The van der Waals surface area contributed by atoms with E-state index < -0.39 is 11.6 Å². The van der Waals surface area contributed by atoms with Crippen molar-refractivity contribution in [1.29, 1.82) is 0 Å². The Labute approximate surface area is 128 Å². The zero-order valence-corrected chi connectivity index (χ0v) is 12.9. The van der Waals surface area contributed by atoms with Gasteiger partial charge in [0.1, 0.15) is 0 Å². The molecule has 118 valence electrons. The lowest BCUT2D eigenvalue weighted by atomic mass is 10.0. The van der Waals surface area contributed by atoms with Crippen LogP contribution in [0.25, 0.3) is 0 Å². The molecule has 1 amide bonds. The first-order valence-electron chi connectivity index (χ1n) is 7.02. The summed E-state index contributed by atoms with van der Waals surface area (Å²) in [6.45, 7) is 2.71. The van der Waals surface area contributed by atoms with Crippen LogP contribution in [0.2, 0.25) is 0 Å². The second kappa shape index (κ2) is 9.73. The lowest BCUT2D eigenvalue weighted by Gasteiger charge is -2.14. The van der Waals surface area contributed by atoms with Crippen LogP contribution in [0.4, 0.5) is 8.78 Å². The van der Waals surface area contributed by atoms with Gasteiger partial charge < -0.3 is 10.4 Å². The standard InChI is InChI=1S/C15H21F2NO2S/c1-2-11(5-7-19)10-18-15(20)6-8-21-12-3-4-13(16)14(17)9-12/h3-4,9,11,19H,2,5-8,10H2,1H3,(H,18,20). The average Bonchev–Trinajstić information content (AvgIpc) is 2.47. The zero-order valence-electron chi connectivity index (χ0n) is 12.1. The third kappa shape index (κ3) is 6.91. The minimum atomic E-state index is -0.876. The van der Waals surface area contributed by atoms with Crippen molar-refractivity contribution in [3.05, 3.63) is 29.8 Å². The normalized spacial score (nSPS) is 12.2. The van der Waals surface area contributed by atoms with Gasteiger partial charge in [-0.3, -0.25) is 4.79 Å². The van der Waals surface area contributed by atoms with Crippen molar-refractivity contribution < 1.29 is 18.7 Å². The maximum atomic E-state index is 13.0. The van der Waals surface area contributed by atoms with Crippen LogP contribution < -0.4 is 5.32 Å². The zero-order chi connectivity index (χ0) is 15.7. The molecule has 0 aliphatic carbocycles. The molecule has 21 heavy (non-hydrogen) atoms. The van der Waals surface area contributed by atoms with E-state index in [9.17, 15) is 13.6 Å². The molecule has 0 heterocycles. The molecule has 0 fully saturated rings. The van der Waals surface area contributed by atoms with E-state index in [2.05, 4.69) is 5.32 Å². The molecular weight excluding hydrogens is 296 g/mol. The van der Waals surface area contributed by atoms with Gasteiger partial charge in [-0.25, -0.2) is 8.78 Å². The highest BCUT2D eigenvalue weighted by atomic mass is 32.2. The minimum Gasteiger partial charge on any atom is -0.396 e. The second-order valence-electron chi connectivity index (χ2n) is 4.77. The average molecular weight is 317 g/mol. The number of aliphatic hydroxyl groups excluding tert-OH is 1. The number of carbonyl (C=O) groups is 1. The number of hydrogen-bond acceptors (Lipinski definition) is 3. The summed E-state index contributed by atoms with van der Waals surface area (Å²) in [6.07, 6.45) is 1.91. The van der Waals surface area contributed by atoms with Crippen LogP contribution in [-0.2, 0) is 4.79 Å². The SMILES string of the molecule is CCC(CCO)CNC(=O)CCSc1ccc(F)c(F)c1. The molecule has 1 atom stereocenters. The Balaban J connectivity index is 2.25. The van der Waals surface area contributed by atoms with Gasteiger partial charge in [-0.2, -0.15) is 0 Å². The maximum absolute atomic E-state index is 13.0. The van der Waals surface area contributed by atoms with Gasteiger partial charge in [0, 0.05) is 30.2 Å². The molecule has 0 saturated heterocycles. The van der Waals surface area contributed by atoms with Crippen LogP contribution in [0.15, 0.2) is 23.1 Å². The summed E-state index contributed by atoms with van der Waals surface area (Å²) in [5.41, 5.74) is 0. The lowest BCUT2D eigenvalue weighted by Crippen LogP contribution is -2.29. The van der Waals surface area contributed by atoms with Crippen molar-refractivity contribution in [2.45, 2.75) is 31.1 Å². The van der Waals surface area contributed by atoms with Crippen molar-refractivity contribution in [2.75, 3.05) is 18.9 Å². The fourth-order valence-corrected chi connectivity index (χ4v) is 2.68. The number of hydrogen-bond donors (Lipinski definition) is 2. The molecule has 1 aromatic rings. The molecule has 6 heteroatoms. The van der Waals surface area contributed by atoms with Gasteiger partial charge in [-0.15, -0.1) is 11.8 Å². The predicted octanol–water partition coefficient (Wildman–Crippen LogP) is 2.97. The summed E-state index contributed by atoms with van der Waals surface area (Å²) < 4.78 is 25.8. The summed E-state index contributed by atoms with van der Waals surface area (Å²) in [6, 6.07) is 3.71. The van der Waals surface area contributed by atoms with Gasteiger partial charge in [-0.05, 0) is 30.5 Å². The third-order valence-corrected chi connectivity index (χ3v) is 4.19. The topological polar surface area (TPSA) is 49.3 Å². The second-order valence-corrected chi connectivity index (χ2v) is 5.93. The molecule has 0 aliphatic rings. The first-order chi connectivity index (χ1) is 10.1. The van der Waals surface area contributed by atoms with E-state index >= 15 is 0 Å². The number of rotatable bonds is 9. The van der Waals surface area contributed by atoms with Gasteiger partial charge in [0.2, 0.25) is 5.91 Å². The summed E-state index contributed by atoms with van der Waals surface area (Å²) in [7, 11) is 0. The summed E-state index contributed by atoms with van der Waals surface area (Å²) in [5, 5.41) is 11.7. The van der Waals surface area contributed by atoms with Crippen molar-refractivity contribution in [2.24, 2.45) is 5.92 Å². The Morgan fingerprint density at radius 3 is 2.76 bits per heavy atom. The first-order valence-corrected chi connectivity index (χ1v) is 8.00. The summed E-state index contributed by atoms with van der Waals surface area (Å²) in [4.78, 5) is 12.3. The molecule has 0 aliphatic heterocycles. The highest BCUT2D eigenvalue weighted by Crippen LogP contribution is 2.20. The van der Waals surface area contributed by atoms with E-state index in [0.717, 1.165) is 18.6 Å². The molecule has 0 saturated carbocycles. The van der Waals surface area contributed by atoms with Gasteiger partial charge in [0.15, 0.2) is 11.6 Å². The van der Waals surface area contributed by atoms with E-state index in [1.807, 2.05) is 6.92 Å². The van der Waals surface area contributed by atoms with Crippen LogP contribution in [-0.4, -0.2) is 29.9 Å². The molecule has 0 radical (unpaired) electrons. The molecule has 1 unspecified atom stereocenters. The Hall–Kier alpha value is -1.14. The smallest absolute Gasteiger partial charge is 0.220 e. The van der Waals surface area contributed by atoms with Crippen molar-refractivity contribution >= 4 is 17.7 Å². The number of carbonyl (C=O) groups excluding carboxylic acids is 1. The van der Waals surface area contributed by atoms with Crippen LogP contribution in [0.5, 0.6) is 0 Å². The highest BCUT2D eigenvalue weighted by Gasteiger charge is 2.09. The van der Waals surface area contributed by atoms with Crippen LogP contribution in [0.1, 0.15) is 26.2 Å². The molecular formula is C15H21F2NO2S. The molecule has 1 aromatic carbocycles. The number of nitrogens with one attached hydrogen (secondary N) is 1. The molecule has 1 rings (SSSR count). The fraction of sp³-hybridized carbons (Fsp3) is 0.533. The molecule has 0 aromatic heterocycles.